The van der Waals surface area contributed by atoms with Gasteiger partial charge in [0.25, 0.3) is 0 Å². The molecule has 5 atom stereocenters. The van der Waals surface area contributed by atoms with Crippen LogP contribution < -0.4 is 5.32 Å². The molecular formula is C24H47NO5Si2. The van der Waals surface area contributed by atoms with Crippen LogP contribution in [0.5, 0.6) is 0 Å². The molecule has 0 radical (unpaired) electrons. The van der Waals surface area contributed by atoms with Gasteiger partial charge in [-0.3, -0.25) is 9.59 Å². The van der Waals surface area contributed by atoms with E-state index in [2.05, 4.69) is 73.0 Å². The first-order chi connectivity index (χ1) is 14.4. The van der Waals surface area contributed by atoms with E-state index in [4.69, 9.17) is 13.6 Å². The van der Waals surface area contributed by atoms with Crippen LogP contribution in [-0.4, -0.2) is 59.8 Å². The molecule has 0 spiro atoms. The van der Waals surface area contributed by atoms with Crippen LogP contribution >= 0.6 is 0 Å². The molecule has 0 unspecified atom stereocenters. The second kappa shape index (κ2) is 9.60. The molecule has 0 bridgehead atoms. The van der Waals surface area contributed by atoms with E-state index in [1.807, 2.05) is 6.92 Å². The molecule has 186 valence electrons. The van der Waals surface area contributed by atoms with Crippen molar-refractivity contribution < 1.29 is 23.2 Å². The fourth-order valence-corrected chi connectivity index (χ4v) is 6.43. The van der Waals surface area contributed by atoms with Crippen molar-refractivity contribution in [3.8, 4) is 0 Å². The van der Waals surface area contributed by atoms with Crippen molar-refractivity contribution in [2.24, 2.45) is 11.8 Å². The van der Waals surface area contributed by atoms with Crippen LogP contribution in [0.3, 0.4) is 0 Å². The van der Waals surface area contributed by atoms with E-state index in [9.17, 15) is 9.59 Å². The lowest BCUT2D eigenvalue weighted by Crippen LogP contribution is -2.70. The van der Waals surface area contributed by atoms with Gasteiger partial charge in [-0.1, -0.05) is 41.5 Å². The van der Waals surface area contributed by atoms with E-state index in [1.54, 1.807) is 0 Å². The number of carbonyl (C=O) groups excluding carboxylic acids is 2. The second-order valence-electron chi connectivity index (χ2n) is 12.7. The van der Waals surface area contributed by atoms with Gasteiger partial charge in [-0.05, 0) is 56.0 Å². The SMILES string of the molecule is C[C@@H](O[Si](C)(C)C(C)(C)C)[C@H]1C(=O)N[C@@H]1[C@H]1OCC[C@H](CCO[Si](C)(C)C(C)(C)C)C1=O. The number of β-lactam (4-membered cyclic amide) rings is 1. The molecule has 2 fully saturated rings. The molecule has 2 rings (SSSR count). The topological polar surface area (TPSA) is 73.9 Å². The van der Waals surface area contributed by atoms with Crippen molar-refractivity contribution in [1.82, 2.24) is 5.32 Å². The molecule has 8 heteroatoms. The highest BCUT2D eigenvalue weighted by Gasteiger charge is 2.53. The van der Waals surface area contributed by atoms with Crippen LogP contribution in [0.2, 0.25) is 36.3 Å². The monoisotopic (exact) mass is 485 g/mol. The zero-order chi connectivity index (χ0) is 24.7. The van der Waals surface area contributed by atoms with Gasteiger partial charge in [-0.15, -0.1) is 0 Å². The Morgan fingerprint density at radius 1 is 1.03 bits per heavy atom. The van der Waals surface area contributed by atoms with Crippen LogP contribution in [0.25, 0.3) is 0 Å². The molecule has 2 saturated heterocycles. The smallest absolute Gasteiger partial charge is 0.228 e. The summed E-state index contributed by atoms with van der Waals surface area (Å²) in [6, 6.07) is -0.307. The minimum Gasteiger partial charge on any atom is -0.417 e. The molecule has 6 nitrogen and oxygen atoms in total. The summed E-state index contributed by atoms with van der Waals surface area (Å²) < 4.78 is 18.7. The van der Waals surface area contributed by atoms with Crippen molar-refractivity contribution in [2.45, 2.75) is 116 Å². The van der Waals surface area contributed by atoms with Gasteiger partial charge < -0.3 is 18.9 Å². The highest BCUT2D eigenvalue weighted by Crippen LogP contribution is 2.40. The Labute approximate surface area is 197 Å². The van der Waals surface area contributed by atoms with E-state index in [1.165, 1.54) is 0 Å². The van der Waals surface area contributed by atoms with Crippen LogP contribution in [0, 0.1) is 11.8 Å². The van der Waals surface area contributed by atoms with Gasteiger partial charge in [0.2, 0.25) is 5.91 Å². The quantitative estimate of drug-likeness (QED) is 0.391. The fourth-order valence-electron chi connectivity index (χ4n) is 3.94. The third kappa shape index (κ3) is 5.92. The fraction of sp³-hybridized carbons (Fsp3) is 0.917. The summed E-state index contributed by atoms with van der Waals surface area (Å²) in [7, 11) is -3.85. The Kier molecular flexibility index (Phi) is 8.31. The van der Waals surface area contributed by atoms with Crippen molar-refractivity contribution in [2.75, 3.05) is 13.2 Å². The predicted octanol–water partition coefficient (Wildman–Crippen LogP) is 4.90. The lowest BCUT2D eigenvalue weighted by Gasteiger charge is -2.48. The van der Waals surface area contributed by atoms with Crippen molar-refractivity contribution >= 4 is 28.3 Å². The maximum atomic E-state index is 13.3. The first-order valence-electron chi connectivity index (χ1n) is 12.2. The first kappa shape index (κ1) is 27.7. The van der Waals surface area contributed by atoms with Gasteiger partial charge in [-0.25, -0.2) is 0 Å². The third-order valence-corrected chi connectivity index (χ3v) is 17.4. The predicted molar refractivity (Wildman–Crippen MR) is 134 cm³/mol. The molecule has 0 aliphatic carbocycles. The van der Waals surface area contributed by atoms with Gasteiger partial charge in [-0.2, -0.15) is 0 Å². The Bertz CT molecular complexity index is 695. The molecule has 1 amide bonds. The number of amides is 1. The number of ether oxygens (including phenoxy) is 1. The molecule has 2 aliphatic rings. The van der Waals surface area contributed by atoms with Crippen molar-refractivity contribution in [3.05, 3.63) is 0 Å². The zero-order valence-electron chi connectivity index (χ0n) is 22.3. The number of rotatable bonds is 8. The molecule has 0 aromatic rings. The summed E-state index contributed by atoms with van der Waals surface area (Å²) in [6.07, 6.45) is 0.604. The molecule has 0 aromatic carbocycles. The lowest BCUT2D eigenvalue weighted by atomic mass is 9.77. The molecule has 32 heavy (non-hydrogen) atoms. The first-order valence-corrected chi connectivity index (χ1v) is 18.0. The van der Waals surface area contributed by atoms with Gasteiger partial charge in [0.1, 0.15) is 6.10 Å². The zero-order valence-corrected chi connectivity index (χ0v) is 24.3. The van der Waals surface area contributed by atoms with Gasteiger partial charge in [0.05, 0.1) is 18.1 Å². The summed E-state index contributed by atoms with van der Waals surface area (Å²) in [6.45, 7) is 25.2. The largest absolute Gasteiger partial charge is 0.417 e. The van der Waals surface area contributed by atoms with E-state index in [-0.39, 0.29) is 45.7 Å². The summed E-state index contributed by atoms with van der Waals surface area (Å²) in [5.41, 5.74) is 0. The Morgan fingerprint density at radius 2 is 1.59 bits per heavy atom. The third-order valence-electron chi connectivity index (χ3n) is 8.30. The number of hydrogen-bond donors (Lipinski definition) is 1. The van der Waals surface area contributed by atoms with Crippen LogP contribution in [0.4, 0.5) is 0 Å². The molecule has 2 heterocycles. The highest BCUT2D eigenvalue weighted by molar-refractivity contribution is 6.74. The minimum absolute atomic E-state index is 0.0407. The summed E-state index contributed by atoms with van der Waals surface area (Å²) in [5, 5.41) is 3.16. The van der Waals surface area contributed by atoms with Gasteiger partial charge in [0, 0.05) is 19.1 Å². The molecule has 2 aliphatic heterocycles. The lowest BCUT2D eigenvalue weighted by molar-refractivity contribution is -0.160. The van der Waals surface area contributed by atoms with Gasteiger partial charge >= 0.3 is 0 Å². The molecule has 0 saturated carbocycles. The summed E-state index contributed by atoms with van der Waals surface area (Å²) >= 11 is 0. The van der Waals surface area contributed by atoms with Crippen molar-refractivity contribution in [3.63, 3.8) is 0 Å². The summed E-state index contributed by atoms with van der Waals surface area (Å²) in [4.78, 5) is 25.7. The Morgan fingerprint density at radius 3 is 2.09 bits per heavy atom. The normalized spacial score (nSPS) is 28.8. The number of nitrogens with one attached hydrogen (secondary N) is 1. The second-order valence-corrected chi connectivity index (χ2v) is 22.3. The van der Waals surface area contributed by atoms with Gasteiger partial charge in [0.15, 0.2) is 22.4 Å². The number of Topliss-reactive ketones (excluding diaryl/α,β-unsaturated/α-hetero) is 1. The molecule has 0 aromatic heterocycles. The number of carbonyl (C=O) groups is 2. The Balaban J connectivity index is 2.00. The molecular weight excluding hydrogens is 438 g/mol. The maximum Gasteiger partial charge on any atom is 0.228 e. The van der Waals surface area contributed by atoms with E-state index < -0.39 is 22.7 Å². The Hall–Kier alpha value is -0.546. The number of hydrogen-bond acceptors (Lipinski definition) is 5. The van der Waals surface area contributed by atoms with E-state index >= 15 is 0 Å². The standard InChI is InChI=1S/C24H47NO5Si2/c1-16(30-32(10,11)24(5,6)7)18-19(25-22(18)27)21-20(26)17(12-14-28-21)13-15-29-31(8,9)23(2,3)4/h16-19,21H,12-15H2,1-11H3,(H,25,27)/t16-,17-,18-,19+,21-/m1/s1. The van der Waals surface area contributed by atoms with Crippen LogP contribution in [-0.2, 0) is 23.2 Å². The van der Waals surface area contributed by atoms with Crippen molar-refractivity contribution in [1.29, 1.82) is 0 Å². The molecule has 1 N–H and O–H groups in total. The average molecular weight is 486 g/mol. The average Bonchev–Trinajstić information content (AvgIpc) is 2.58. The maximum absolute atomic E-state index is 13.3. The van der Waals surface area contributed by atoms with Crippen LogP contribution in [0.1, 0.15) is 61.3 Å². The number of ketones is 1. The summed E-state index contributed by atoms with van der Waals surface area (Å²) in [5.74, 6) is -0.362. The minimum atomic E-state index is -2.02. The van der Waals surface area contributed by atoms with E-state index in [0.717, 1.165) is 6.42 Å². The van der Waals surface area contributed by atoms with Crippen LogP contribution in [0.15, 0.2) is 0 Å². The highest BCUT2D eigenvalue weighted by atomic mass is 28.4. The van der Waals surface area contributed by atoms with E-state index in [0.29, 0.717) is 19.6 Å².